The van der Waals surface area contributed by atoms with Gasteiger partial charge in [-0.1, -0.05) is 43.7 Å². The maximum absolute atomic E-state index is 12.3. The van der Waals surface area contributed by atoms with E-state index in [2.05, 4.69) is 32.2 Å². The summed E-state index contributed by atoms with van der Waals surface area (Å²) < 4.78 is 0. The summed E-state index contributed by atoms with van der Waals surface area (Å²) in [6.07, 6.45) is 7.13. The number of hydrogen-bond acceptors (Lipinski definition) is 3. The topological polar surface area (TPSA) is 29.1 Å². The summed E-state index contributed by atoms with van der Waals surface area (Å²) in [5.41, 5.74) is 2.74. The fraction of sp³-hybridized carbons (Fsp3) is 0.450. The molecular formula is C20H25NOS. The molecule has 0 fully saturated rings. The van der Waals surface area contributed by atoms with E-state index in [1.165, 1.54) is 12.0 Å². The summed E-state index contributed by atoms with van der Waals surface area (Å²) in [5, 5.41) is 4.71. The van der Waals surface area contributed by atoms with Gasteiger partial charge in [-0.2, -0.15) is 0 Å². The van der Waals surface area contributed by atoms with Crippen molar-refractivity contribution in [3.8, 4) is 0 Å². The Labute approximate surface area is 143 Å². The van der Waals surface area contributed by atoms with Crippen LogP contribution < -0.4 is 5.32 Å². The van der Waals surface area contributed by atoms with Gasteiger partial charge in [0.25, 0.3) is 0 Å². The fourth-order valence-corrected chi connectivity index (χ4v) is 5.59. The fourth-order valence-electron chi connectivity index (χ4n) is 3.92. The van der Waals surface area contributed by atoms with Crippen molar-refractivity contribution in [3.63, 3.8) is 0 Å². The van der Waals surface area contributed by atoms with Crippen LogP contribution >= 0.6 is 11.8 Å². The van der Waals surface area contributed by atoms with Crippen LogP contribution in [0.3, 0.4) is 0 Å². The molecule has 3 rings (SSSR count). The molecule has 1 N–H and O–H groups in total. The predicted octanol–water partition coefficient (Wildman–Crippen LogP) is 5.40. The first-order chi connectivity index (χ1) is 11.0. The predicted molar refractivity (Wildman–Crippen MR) is 99.4 cm³/mol. The van der Waals surface area contributed by atoms with Crippen molar-refractivity contribution in [2.45, 2.75) is 45.3 Å². The maximum atomic E-state index is 12.3. The number of thioether (sulfide) groups is 1. The van der Waals surface area contributed by atoms with Crippen LogP contribution in [0.25, 0.3) is 0 Å². The van der Waals surface area contributed by atoms with Gasteiger partial charge in [-0.25, -0.2) is 0 Å². The minimum absolute atomic E-state index is 0.237. The van der Waals surface area contributed by atoms with Crippen molar-refractivity contribution >= 4 is 23.2 Å². The van der Waals surface area contributed by atoms with Crippen LogP contribution in [-0.2, 0) is 4.79 Å². The minimum Gasteiger partial charge on any atom is -0.350 e. The van der Waals surface area contributed by atoms with Gasteiger partial charge >= 0.3 is 0 Å². The zero-order valence-electron chi connectivity index (χ0n) is 14.1. The van der Waals surface area contributed by atoms with Gasteiger partial charge in [0, 0.05) is 23.4 Å². The van der Waals surface area contributed by atoms with Crippen LogP contribution in [0.4, 0.5) is 5.69 Å². The maximum Gasteiger partial charge on any atom is 0.159 e. The number of anilines is 1. The molecule has 1 heterocycles. The molecular weight excluding hydrogens is 302 g/mol. The van der Waals surface area contributed by atoms with E-state index in [1.807, 2.05) is 42.1 Å². The molecule has 2 nitrogen and oxygen atoms in total. The van der Waals surface area contributed by atoms with Gasteiger partial charge in [0.05, 0.1) is 5.03 Å². The Hall–Kier alpha value is -1.48. The van der Waals surface area contributed by atoms with Gasteiger partial charge in [0.2, 0.25) is 0 Å². The van der Waals surface area contributed by atoms with Crippen LogP contribution in [0, 0.1) is 11.3 Å². The third-order valence-corrected chi connectivity index (χ3v) is 6.19. The smallest absolute Gasteiger partial charge is 0.159 e. The summed E-state index contributed by atoms with van der Waals surface area (Å²) in [7, 11) is 0. The Morgan fingerprint density at radius 3 is 2.65 bits per heavy atom. The first-order valence-electron chi connectivity index (χ1n) is 8.35. The highest BCUT2D eigenvalue weighted by Gasteiger charge is 2.40. The summed E-state index contributed by atoms with van der Waals surface area (Å²) in [6.45, 7) is 6.93. The lowest BCUT2D eigenvalue weighted by Crippen LogP contribution is -2.38. The van der Waals surface area contributed by atoms with E-state index in [4.69, 9.17) is 0 Å². The van der Waals surface area contributed by atoms with Gasteiger partial charge in [0.15, 0.2) is 5.78 Å². The minimum atomic E-state index is 0.237. The molecule has 122 valence electrons. The van der Waals surface area contributed by atoms with E-state index in [1.54, 1.807) is 6.08 Å². The molecule has 3 heteroatoms. The second-order valence-corrected chi connectivity index (χ2v) is 8.56. The molecule has 1 aliphatic carbocycles. The monoisotopic (exact) mass is 327 g/mol. The Morgan fingerprint density at radius 2 is 1.96 bits per heavy atom. The second kappa shape index (κ2) is 6.56. The number of allylic oxidation sites excluding steroid dienone is 3. The Bertz CT molecular complexity index is 645. The number of ketones is 1. The number of benzene rings is 1. The second-order valence-electron chi connectivity index (χ2n) is 7.28. The number of nitrogens with one attached hydrogen (secondary N) is 1. The molecule has 0 spiro atoms. The van der Waals surface area contributed by atoms with E-state index >= 15 is 0 Å². The largest absolute Gasteiger partial charge is 0.350 e. The molecule has 0 aromatic heterocycles. The first-order valence-corrected chi connectivity index (χ1v) is 9.23. The molecule has 0 amide bonds. The van der Waals surface area contributed by atoms with Crippen LogP contribution in [0.15, 0.2) is 53.1 Å². The molecule has 0 radical (unpaired) electrons. The van der Waals surface area contributed by atoms with Crippen LogP contribution in [0.1, 0.15) is 40.0 Å². The number of carbonyl (C=O) groups is 1. The molecule has 0 saturated heterocycles. The lowest BCUT2D eigenvalue weighted by atomic mass is 9.66. The molecule has 1 aromatic carbocycles. The summed E-state index contributed by atoms with van der Waals surface area (Å²) >= 11 is 1.83. The lowest BCUT2D eigenvalue weighted by Gasteiger charge is -2.43. The summed E-state index contributed by atoms with van der Waals surface area (Å²) in [4.78, 5) is 12.3. The van der Waals surface area contributed by atoms with Gasteiger partial charge in [-0.05, 0) is 43.2 Å². The lowest BCUT2D eigenvalue weighted by molar-refractivity contribution is -0.114. The average Bonchev–Trinajstić information content (AvgIpc) is 2.46. The van der Waals surface area contributed by atoms with Crippen molar-refractivity contribution in [3.05, 3.63) is 53.1 Å². The van der Waals surface area contributed by atoms with Gasteiger partial charge in [-0.15, -0.1) is 11.8 Å². The highest BCUT2D eigenvalue weighted by Crippen LogP contribution is 2.49. The molecule has 0 bridgehead atoms. The highest BCUT2D eigenvalue weighted by molar-refractivity contribution is 8.03. The van der Waals surface area contributed by atoms with E-state index in [9.17, 15) is 4.79 Å². The Morgan fingerprint density at radius 1 is 1.22 bits per heavy atom. The summed E-state index contributed by atoms with van der Waals surface area (Å²) in [6, 6.07) is 10.1. The van der Waals surface area contributed by atoms with E-state index < -0.39 is 0 Å². The van der Waals surface area contributed by atoms with Gasteiger partial charge in [0.1, 0.15) is 0 Å². The molecule has 2 unspecified atom stereocenters. The summed E-state index contributed by atoms with van der Waals surface area (Å²) in [5.74, 6) is 0.702. The quantitative estimate of drug-likeness (QED) is 0.754. The molecule has 23 heavy (non-hydrogen) atoms. The van der Waals surface area contributed by atoms with Crippen molar-refractivity contribution in [2.24, 2.45) is 11.3 Å². The number of rotatable bonds is 3. The zero-order valence-corrected chi connectivity index (χ0v) is 15.0. The van der Waals surface area contributed by atoms with E-state index in [0.717, 1.165) is 17.1 Å². The third-order valence-electron chi connectivity index (χ3n) is 4.97. The van der Waals surface area contributed by atoms with Crippen LogP contribution in [0.5, 0.6) is 0 Å². The molecule has 0 saturated carbocycles. The number of hydrogen-bond donors (Lipinski definition) is 1. The third kappa shape index (κ3) is 3.72. The van der Waals surface area contributed by atoms with Crippen molar-refractivity contribution in [1.82, 2.24) is 0 Å². The zero-order chi connectivity index (χ0) is 16.4. The van der Waals surface area contributed by atoms with Crippen LogP contribution in [0.2, 0.25) is 0 Å². The number of para-hydroxylation sites is 1. The van der Waals surface area contributed by atoms with Crippen LogP contribution in [-0.4, -0.2) is 11.0 Å². The van der Waals surface area contributed by atoms with Crippen molar-refractivity contribution in [1.29, 1.82) is 0 Å². The average molecular weight is 327 g/mol. The molecule has 1 aliphatic heterocycles. The van der Waals surface area contributed by atoms with E-state index in [-0.39, 0.29) is 11.2 Å². The Kier molecular flexibility index (Phi) is 4.67. The molecule has 1 aromatic rings. The van der Waals surface area contributed by atoms with Crippen molar-refractivity contribution in [2.75, 3.05) is 5.32 Å². The van der Waals surface area contributed by atoms with Gasteiger partial charge < -0.3 is 5.32 Å². The first kappa shape index (κ1) is 16.4. The Balaban J connectivity index is 1.80. The van der Waals surface area contributed by atoms with Crippen molar-refractivity contribution < 1.29 is 4.79 Å². The molecule has 2 aliphatic rings. The standard InChI is InChI=1S/C20H25NOS/c1-14-8-7-11-20(2,3)19(14)17-12-16(22)13-18(23-17)21-15-9-5-4-6-10-15/h4-6,8-10,13,17,19,21H,7,11-12H2,1-3H3. The normalized spacial score (nSPS) is 27.2. The SMILES string of the molecule is CC1=CCCC(C)(C)C1C1CC(=O)C=C(Nc2ccccc2)S1. The van der Waals surface area contributed by atoms with E-state index in [0.29, 0.717) is 17.6 Å². The number of carbonyl (C=O) groups excluding carboxylic acids is 1. The molecule has 2 atom stereocenters. The van der Waals surface area contributed by atoms with Gasteiger partial charge in [-0.3, -0.25) is 4.79 Å². The highest BCUT2D eigenvalue weighted by atomic mass is 32.2.